The number of hydrogen-bond acceptors (Lipinski definition) is 1. The molecule has 0 amide bonds. The van der Waals surface area contributed by atoms with Gasteiger partial charge in [-0.25, -0.2) is 0 Å². The largest absolute Gasteiger partial charge is 0.390 e. The summed E-state index contributed by atoms with van der Waals surface area (Å²) in [5.41, 5.74) is 3.46. The van der Waals surface area contributed by atoms with Crippen LogP contribution in [0.2, 0.25) is 0 Å². The van der Waals surface area contributed by atoms with Crippen molar-refractivity contribution in [3.8, 4) is 0 Å². The molecule has 2 rings (SSSR count). The van der Waals surface area contributed by atoms with Crippen molar-refractivity contribution in [2.75, 3.05) is 0 Å². The van der Waals surface area contributed by atoms with Crippen molar-refractivity contribution in [2.24, 2.45) is 11.8 Å². The predicted octanol–water partition coefficient (Wildman–Crippen LogP) is 4.42. The minimum atomic E-state index is -0.468. The zero-order valence-corrected chi connectivity index (χ0v) is 12.9. The second-order valence-electron chi connectivity index (χ2n) is 6.91. The molecule has 1 aliphatic carbocycles. The van der Waals surface area contributed by atoms with Gasteiger partial charge in [0.1, 0.15) is 0 Å². The minimum Gasteiger partial charge on any atom is -0.390 e. The maximum absolute atomic E-state index is 10.8. The molecule has 1 saturated carbocycles. The number of benzene rings is 1. The van der Waals surface area contributed by atoms with E-state index < -0.39 is 5.60 Å². The van der Waals surface area contributed by atoms with Crippen molar-refractivity contribution in [1.82, 2.24) is 0 Å². The Morgan fingerprint density at radius 2 is 1.84 bits per heavy atom. The van der Waals surface area contributed by atoms with E-state index in [4.69, 9.17) is 0 Å². The zero-order valence-electron chi connectivity index (χ0n) is 12.9. The molecule has 1 fully saturated rings. The molecule has 1 nitrogen and oxygen atoms in total. The van der Waals surface area contributed by atoms with Crippen molar-refractivity contribution in [2.45, 2.75) is 65.4 Å². The van der Waals surface area contributed by atoms with Crippen LogP contribution in [0, 0.1) is 25.7 Å². The lowest BCUT2D eigenvalue weighted by molar-refractivity contribution is -0.0147. The Hall–Kier alpha value is -0.820. The molecular weight excluding hydrogens is 232 g/mol. The summed E-state index contributed by atoms with van der Waals surface area (Å²) >= 11 is 0. The normalized spacial score (nSPS) is 27.8. The Labute approximate surface area is 118 Å². The van der Waals surface area contributed by atoms with Gasteiger partial charge in [-0.05, 0) is 62.5 Å². The highest BCUT2D eigenvalue weighted by molar-refractivity contribution is 5.31. The highest BCUT2D eigenvalue weighted by Gasteiger charge is 2.34. The summed E-state index contributed by atoms with van der Waals surface area (Å²) in [6, 6.07) is 6.56. The van der Waals surface area contributed by atoms with Gasteiger partial charge in [0.25, 0.3) is 0 Å². The maximum atomic E-state index is 10.8. The molecule has 19 heavy (non-hydrogen) atoms. The number of aryl methyl sites for hydroxylation is 2. The van der Waals surface area contributed by atoms with E-state index in [1.165, 1.54) is 29.5 Å². The Morgan fingerprint density at radius 3 is 2.42 bits per heavy atom. The summed E-state index contributed by atoms with van der Waals surface area (Å²) in [6.45, 7) is 8.89. The van der Waals surface area contributed by atoms with Crippen LogP contribution in [0.5, 0.6) is 0 Å². The molecule has 1 N–H and O–H groups in total. The van der Waals surface area contributed by atoms with Gasteiger partial charge in [-0.15, -0.1) is 0 Å². The molecule has 0 heterocycles. The van der Waals surface area contributed by atoms with Gasteiger partial charge < -0.3 is 5.11 Å². The minimum absolute atomic E-state index is 0.468. The molecule has 1 aromatic rings. The van der Waals surface area contributed by atoms with Crippen LogP contribution in [0.4, 0.5) is 0 Å². The molecule has 0 atom stereocenters. The highest BCUT2D eigenvalue weighted by atomic mass is 16.3. The Bertz CT molecular complexity index is 425. The van der Waals surface area contributed by atoms with E-state index in [0.717, 1.165) is 31.1 Å². The third-order valence-electron chi connectivity index (χ3n) is 4.93. The SMILES string of the molecule is Cc1ccc(C)c(CC2(O)CCC(C(C)C)CC2)c1. The van der Waals surface area contributed by atoms with Crippen LogP contribution in [0.15, 0.2) is 18.2 Å². The molecule has 1 aliphatic rings. The van der Waals surface area contributed by atoms with Crippen molar-refractivity contribution < 1.29 is 5.11 Å². The van der Waals surface area contributed by atoms with Crippen LogP contribution in [0.25, 0.3) is 0 Å². The van der Waals surface area contributed by atoms with E-state index in [0.29, 0.717) is 0 Å². The molecule has 0 unspecified atom stereocenters. The summed E-state index contributed by atoms with van der Waals surface area (Å²) in [4.78, 5) is 0. The first kappa shape index (κ1) is 14.6. The van der Waals surface area contributed by atoms with Gasteiger partial charge in [0.2, 0.25) is 0 Å². The summed E-state index contributed by atoms with van der Waals surface area (Å²) < 4.78 is 0. The third-order valence-corrected chi connectivity index (χ3v) is 4.93. The second kappa shape index (κ2) is 5.66. The molecule has 1 aromatic carbocycles. The molecule has 0 spiro atoms. The lowest BCUT2D eigenvalue weighted by atomic mass is 9.72. The number of rotatable bonds is 3. The van der Waals surface area contributed by atoms with Crippen molar-refractivity contribution in [1.29, 1.82) is 0 Å². The van der Waals surface area contributed by atoms with Crippen LogP contribution in [-0.4, -0.2) is 10.7 Å². The lowest BCUT2D eigenvalue weighted by Crippen LogP contribution is -2.37. The van der Waals surface area contributed by atoms with Gasteiger partial charge in [-0.1, -0.05) is 37.6 Å². The lowest BCUT2D eigenvalue weighted by Gasteiger charge is -2.38. The topological polar surface area (TPSA) is 20.2 Å². The third kappa shape index (κ3) is 3.60. The highest BCUT2D eigenvalue weighted by Crippen LogP contribution is 2.38. The average molecular weight is 260 g/mol. The van der Waals surface area contributed by atoms with Gasteiger partial charge in [-0.3, -0.25) is 0 Å². The number of aliphatic hydroxyl groups is 1. The van der Waals surface area contributed by atoms with Crippen LogP contribution >= 0.6 is 0 Å². The van der Waals surface area contributed by atoms with E-state index in [2.05, 4.69) is 45.9 Å². The summed E-state index contributed by atoms with van der Waals surface area (Å²) in [6.07, 6.45) is 5.11. The fourth-order valence-electron chi connectivity index (χ4n) is 3.37. The Kier molecular flexibility index (Phi) is 4.35. The quantitative estimate of drug-likeness (QED) is 0.852. The van der Waals surface area contributed by atoms with Crippen LogP contribution in [0.1, 0.15) is 56.2 Å². The monoisotopic (exact) mass is 260 g/mol. The van der Waals surface area contributed by atoms with E-state index in [1.807, 2.05) is 0 Å². The van der Waals surface area contributed by atoms with Crippen LogP contribution < -0.4 is 0 Å². The van der Waals surface area contributed by atoms with Crippen LogP contribution in [-0.2, 0) is 6.42 Å². The summed E-state index contributed by atoms with van der Waals surface area (Å²) in [7, 11) is 0. The van der Waals surface area contributed by atoms with Gasteiger partial charge in [0.05, 0.1) is 5.60 Å². The molecular formula is C18H28O. The average Bonchev–Trinajstić information content (AvgIpc) is 2.34. The molecule has 0 saturated heterocycles. The fraction of sp³-hybridized carbons (Fsp3) is 0.667. The molecule has 0 aliphatic heterocycles. The Balaban J connectivity index is 2.05. The standard InChI is InChI=1S/C18H28O/c1-13(2)16-7-9-18(19,10-8-16)12-17-11-14(3)5-6-15(17)4/h5-6,11,13,16,19H,7-10,12H2,1-4H3. The van der Waals surface area contributed by atoms with Crippen molar-refractivity contribution in [3.63, 3.8) is 0 Å². The smallest absolute Gasteiger partial charge is 0.0688 e. The maximum Gasteiger partial charge on any atom is 0.0688 e. The fourth-order valence-corrected chi connectivity index (χ4v) is 3.37. The first-order chi connectivity index (χ1) is 8.89. The number of hydrogen-bond donors (Lipinski definition) is 1. The van der Waals surface area contributed by atoms with E-state index in [9.17, 15) is 5.11 Å². The van der Waals surface area contributed by atoms with E-state index in [1.54, 1.807) is 0 Å². The molecule has 106 valence electrons. The van der Waals surface area contributed by atoms with Gasteiger partial charge >= 0.3 is 0 Å². The van der Waals surface area contributed by atoms with Gasteiger partial charge in [-0.2, -0.15) is 0 Å². The summed E-state index contributed by atoms with van der Waals surface area (Å²) in [5, 5.41) is 10.8. The zero-order chi connectivity index (χ0) is 14.0. The first-order valence-electron chi connectivity index (χ1n) is 7.68. The van der Waals surface area contributed by atoms with E-state index >= 15 is 0 Å². The molecule has 0 bridgehead atoms. The summed E-state index contributed by atoms with van der Waals surface area (Å²) in [5.74, 6) is 1.56. The Morgan fingerprint density at radius 1 is 1.21 bits per heavy atom. The second-order valence-corrected chi connectivity index (χ2v) is 6.91. The van der Waals surface area contributed by atoms with Crippen LogP contribution in [0.3, 0.4) is 0 Å². The molecule has 1 heteroatoms. The first-order valence-corrected chi connectivity index (χ1v) is 7.68. The molecule has 0 aromatic heterocycles. The van der Waals surface area contributed by atoms with Crippen molar-refractivity contribution in [3.05, 3.63) is 34.9 Å². The van der Waals surface area contributed by atoms with Gasteiger partial charge in [0, 0.05) is 6.42 Å². The predicted molar refractivity (Wildman–Crippen MR) is 81.4 cm³/mol. The molecule has 0 radical (unpaired) electrons. The van der Waals surface area contributed by atoms with Gasteiger partial charge in [0.15, 0.2) is 0 Å². The van der Waals surface area contributed by atoms with Crippen molar-refractivity contribution >= 4 is 0 Å². The van der Waals surface area contributed by atoms with E-state index in [-0.39, 0.29) is 0 Å².